The molecule has 2 aliphatic rings. The second-order valence-electron chi connectivity index (χ2n) is 9.27. The molecule has 0 aliphatic heterocycles. The molecule has 0 aromatic heterocycles. The molecule has 27 heavy (non-hydrogen) atoms. The third-order valence-electron chi connectivity index (χ3n) is 5.40. The van der Waals surface area contributed by atoms with Gasteiger partial charge >= 0.3 is 156 Å². The first-order chi connectivity index (χ1) is 11.5. The van der Waals surface area contributed by atoms with E-state index in [1.165, 1.54) is 11.1 Å². The van der Waals surface area contributed by atoms with Crippen molar-refractivity contribution in [3.05, 3.63) is 62.3 Å². The number of halogens is 2. The molecule has 1 atom stereocenters. The van der Waals surface area contributed by atoms with Crippen LogP contribution in [0.1, 0.15) is 21.2 Å². The molecule has 2 nitrogen and oxygen atoms in total. The van der Waals surface area contributed by atoms with E-state index in [1.807, 2.05) is 0 Å². The molecule has 2 aliphatic carbocycles. The first-order valence-corrected chi connectivity index (χ1v) is 25.9. The number of hydrogen-bond acceptors (Lipinski definition) is 2. The van der Waals surface area contributed by atoms with Gasteiger partial charge in [-0.15, -0.1) is 24.8 Å². The Balaban J connectivity index is 0.00000182. The third kappa shape index (κ3) is 4.75. The van der Waals surface area contributed by atoms with Gasteiger partial charge in [-0.05, 0) is 0 Å². The molecule has 0 amide bonds. The molecule has 3 rings (SSSR count). The van der Waals surface area contributed by atoms with Crippen molar-refractivity contribution >= 4 is 46.1 Å². The molecule has 0 spiro atoms. The Hall–Kier alpha value is -0.0631. The van der Waals surface area contributed by atoms with Crippen LogP contribution < -0.4 is 0 Å². The molecule has 0 bridgehead atoms. The summed E-state index contributed by atoms with van der Waals surface area (Å²) in [5, 5.41) is 0. The van der Waals surface area contributed by atoms with Crippen molar-refractivity contribution < 1.29 is 26.6 Å². The Morgan fingerprint density at radius 3 is 2.33 bits per heavy atom. The zero-order chi connectivity index (χ0) is 18.5. The SMILES string of the molecule is COC1=[C]([Zr]([CH3])([CH3])(=[SiH2])[CH]2C=Cc3ccccc32)CC=C1O[Si](C)(C)C.Cl.Cl. The molecule has 7 heteroatoms. The molecule has 150 valence electrons. The maximum atomic E-state index is 6.34. The molecule has 0 heterocycles. The Morgan fingerprint density at radius 2 is 1.74 bits per heavy atom. The van der Waals surface area contributed by atoms with Crippen LogP contribution >= 0.6 is 24.8 Å². The minimum Gasteiger partial charge on any atom is -0.147 e. The standard InChI is InChI=1S/C9H15O2Si.C9H7.2CH3.2ClH.H2Si.Zr/c1-10-8-6-5-7-9(8)11-12(2,3)4;1-2-5-9-7-3-6-8(9)4-1;;;;;;/h7H,5H2,1-4H3;1-7H;2*1H3;2*1H;1H2;. The number of allylic oxidation sites excluding steroid dienone is 3. The van der Waals surface area contributed by atoms with Crippen molar-refractivity contribution in [3.8, 4) is 0 Å². The van der Waals surface area contributed by atoms with Crippen LogP contribution in [0.3, 0.4) is 0 Å². The molecular weight excluding hydrogens is 491 g/mol. The maximum absolute atomic E-state index is 6.34. The van der Waals surface area contributed by atoms with Gasteiger partial charge < -0.3 is 0 Å². The molecule has 1 aromatic carbocycles. The van der Waals surface area contributed by atoms with E-state index in [-0.39, 0.29) is 24.8 Å². The van der Waals surface area contributed by atoms with Gasteiger partial charge in [0.25, 0.3) is 0 Å². The fourth-order valence-electron chi connectivity index (χ4n) is 4.12. The normalized spacial score (nSPS) is 19.1. The Labute approximate surface area is 179 Å². The van der Waals surface area contributed by atoms with Gasteiger partial charge in [0.1, 0.15) is 0 Å². The molecular formula is C20H32Cl2O2Si2Zr. The number of methoxy groups -OCH3 is 1. The van der Waals surface area contributed by atoms with E-state index in [2.05, 4.69) is 78.3 Å². The Kier molecular flexibility index (Phi) is 7.73. The fourth-order valence-corrected chi connectivity index (χ4v) is 18.9. The van der Waals surface area contributed by atoms with Crippen molar-refractivity contribution in [2.75, 3.05) is 7.11 Å². The van der Waals surface area contributed by atoms with Gasteiger partial charge in [-0.1, -0.05) is 0 Å². The Morgan fingerprint density at radius 1 is 1.11 bits per heavy atom. The van der Waals surface area contributed by atoms with Crippen molar-refractivity contribution in [2.45, 2.75) is 39.0 Å². The quantitative estimate of drug-likeness (QED) is 0.447. The summed E-state index contributed by atoms with van der Waals surface area (Å²) in [6, 6.07) is 8.85. The number of benzene rings is 1. The number of rotatable bonds is 5. The van der Waals surface area contributed by atoms with Crippen molar-refractivity contribution in [1.82, 2.24) is 0 Å². The second kappa shape index (κ2) is 8.35. The average Bonchev–Trinajstić information content (AvgIpc) is 3.09. The monoisotopic (exact) mass is 520 g/mol. The van der Waals surface area contributed by atoms with Crippen LogP contribution in [0.5, 0.6) is 0 Å². The first-order valence-electron chi connectivity index (χ1n) is 9.03. The number of fused-ring (bicyclic) bond motifs is 1. The van der Waals surface area contributed by atoms with Crippen molar-refractivity contribution in [3.63, 3.8) is 0 Å². The van der Waals surface area contributed by atoms with E-state index in [0.717, 1.165) is 17.9 Å². The summed E-state index contributed by atoms with van der Waals surface area (Å²) in [6.07, 6.45) is 7.99. The van der Waals surface area contributed by atoms with E-state index in [0.29, 0.717) is 3.63 Å². The van der Waals surface area contributed by atoms with Crippen LogP contribution in [0.4, 0.5) is 0 Å². The van der Waals surface area contributed by atoms with Crippen LogP contribution in [-0.4, -0.2) is 22.3 Å². The second-order valence-corrected chi connectivity index (χ2v) is 43.4. The average molecular weight is 523 g/mol. The van der Waals surface area contributed by atoms with Gasteiger partial charge in [-0.3, -0.25) is 0 Å². The molecule has 0 N–H and O–H groups in total. The summed E-state index contributed by atoms with van der Waals surface area (Å²) in [5.74, 6) is 2.02. The van der Waals surface area contributed by atoms with Gasteiger partial charge in [-0.25, -0.2) is 0 Å². The number of ether oxygens (including phenoxy) is 1. The fraction of sp³-hybridized carbons (Fsp3) is 0.400. The van der Waals surface area contributed by atoms with Gasteiger partial charge in [0.05, 0.1) is 0 Å². The molecule has 0 saturated carbocycles. The molecule has 1 unspecified atom stereocenters. The molecule has 0 fully saturated rings. The van der Waals surface area contributed by atoms with E-state index in [4.69, 9.17) is 9.16 Å². The topological polar surface area (TPSA) is 18.5 Å². The minimum absolute atomic E-state index is 0. The largest absolute Gasteiger partial charge is 0.147 e. The van der Waals surface area contributed by atoms with E-state index in [1.54, 1.807) is 10.4 Å². The zero-order valence-electron chi connectivity index (χ0n) is 17.2. The molecule has 0 radical (unpaired) electrons. The summed E-state index contributed by atoms with van der Waals surface area (Å²) < 4.78 is 19.5. The maximum Gasteiger partial charge on any atom is -0.147 e. The number of hydrogen-bond donors (Lipinski definition) is 0. The first kappa shape index (κ1) is 25.0. The van der Waals surface area contributed by atoms with E-state index in [9.17, 15) is 0 Å². The van der Waals surface area contributed by atoms with E-state index >= 15 is 0 Å². The zero-order valence-corrected chi connectivity index (χ0v) is 23.7. The predicted octanol–water partition coefficient (Wildman–Crippen LogP) is 5.93. The smallest absolute Gasteiger partial charge is 0.147 e. The summed E-state index contributed by atoms with van der Waals surface area (Å²) in [7, 11) is 0.147. The van der Waals surface area contributed by atoms with Crippen LogP contribution in [-0.2, 0) is 26.6 Å². The van der Waals surface area contributed by atoms with Crippen molar-refractivity contribution in [2.24, 2.45) is 0 Å². The summed E-state index contributed by atoms with van der Waals surface area (Å²) in [6.45, 7) is 8.98. The van der Waals surface area contributed by atoms with Gasteiger partial charge in [0, 0.05) is 0 Å². The van der Waals surface area contributed by atoms with Gasteiger partial charge in [0.15, 0.2) is 0 Å². The van der Waals surface area contributed by atoms with Crippen LogP contribution in [0, 0.1) is 0 Å². The molecule has 0 saturated heterocycles. The summed E-state index contributed by atoms with van der Waals surface area (Å²) >= 11 is -3.26. The molecule has 1 aromatic rings. The Bertz CT molecular complexity index is 876. The van der Waals surface area contributed by atoms with E-state index < -0.39 is 25.7 Å². The summed E-state index contributed by atoms with van der Waals surface area (Å²) in [4.78, 5) is 0. The van der Waals surface area contributed by atoms with Gasteiger partial charge in [-0.2, -0.15) is 0 Å². The van der Waals surface area contributed by atoms with Crippen LogP contribution in [0.15, 0.2) is 51.2 Å². The van der Waals surface area contributed by atoms with Crippen LogP contribution in [0.2, 0.25) is 28.9 Å². The predicted molar refractivity (Wildman–Crippen MR) is 124 cm³/mol. The minimum atomic E-state index is -3.26. The summed E-state index contributed by atoms with van der Waals surface area (Å²) in [5.41, 5.74) is 2.88. The van der Waals surface area contributed by atoms with Gasteiger partial charge in [0.2, 0.25) is 0 Å². The third-order valence-corrected chi connectivity index (χ3v) is 23.4. The van der Waals surface area contributed by atoms with Crippen molar-refractivity contribution in [1.29, 1.82) is 0 Å². The van der Waals surface area contributed by atoms with Crippen LogP contribution in [0.25, 0.3) is 6.08 Å².